The number of hydrogen-bond acceptors (Lipinski definition) is 6. The van der Waals surface area contributed by atoms with Gasteiger partial charge in [0.25, 0.3) is 0 Å². The molecule has 0 saturated carbocycles. The third-order valence-corrected chi connectivity index (χ3v) is 6.11. The zero-order valence-corrected chi connectivity index (χ0v) is 19.0. The number of fused-ring (bicyclic) bond motifs is 1. The van der Waals surface area contributed by atoms with Crippen LogP contribution in [0, 0.1) is 0 Å². The summed E-state index contributed by atoms with van der Waals surface area (Å²) < 4.78 is 22.1. The number of nitrogens with one attached hydrogen (secondary N) is 2. The minimum Gasteiger partial charge on any atom is -0.497 e. The van der Waals surface area contributed by atoms with Crippen LogP contribution in [-0.2, 0) is 4.79 Å². The summed E-state index contributed by atoms with van der Waals surface area (Å²) in [5.74, 6) is 2.59. The summed E-state index contributed by atoms with van der Waals surface area (Å²) in [4.78, 5) is 14.1. The molecule has 8 nitrogen and oxygen atoms in total. The maximum Gasteiger partial charge on any atom is 0.223 e. The van der Waals surface area contributed by atoms with Crippen LogP contribution in [0.4, 0.5) is 0 Å². The Hall–Kier alpha value is -2.97. The molecule has 1 amide bonds. The molecule has 0 radical (unpaired) electrons. The predicted octanol–water partition coefficient (Wildman–Crippen LogP) is 1.13. The van der Waals surface area contributed by atoms with Crippen LogP contribution in [0.1, 0.15) is 30.9 Å². The molecule has 2 aliphatic rings. The second kappa shape index (κ2) is 11.2. The van der Waals surface area contributed by atoms with Crippen molar-refractivity contribution in [3.05, 3.63) is 48.0 Å². The van der Waals surface area contributed by atoms with E-state index in [-0.39, 0.29) is 18.9 Å². The first kappa shape index (κ1) is 23.2. The van der Waals surface area contributed by atoms with Gasteiger partial charge in [-0.15, -0.1) is 0 Å². The highest BCUT2D eigenvalue weighted by molar-refractivity contribution is 5.76. The predicted molar refractivity (Wildman–Crippen MR) is 122 cm³/mol. The lowest BCUT2D eigenvalue weighted by molar-refractivity contribution is -0.889. The number of quaternary nitrogens is 1. The molecule has 2 atom stereocenters. The number of hydrogen-bond donors (Lipinski definition) is 3. The molecule has 4 rings (SSSR count). The third kappa shape index (κ3) is 6.30. The molecule has 2 aromatic rings. The molecule has 1 saturated heterocycles. The normalized spacial score (nSPS) is 17.3. The summed E-state index contributed by atoms with van der Waals surface area (Å²) in [7, 11) is 1.61. The van der Waals surface area contributed by atoms with Crippen molar-refractivity contribution in [2.24, 2.45) is 0 Å². The van der Waals surface area contributed by atoms with E-state index in [0.717, 1.165) is 18.8 Å². The van der Waals surface area contributed by atoms with E-state index in [1.807, 2.05) is 42.5 Å². The van der Waals surface area contributed by atoms with E-state index in [9.17, 15) is 9.90 Å². The van der Waals surface area contributed by atoms with Crippen LogP contribution in [0.5, 0.6) is 23.0 Å². The van der Waals surface area contributed by atoms with Gasteiger partial charge in [-0.25, -0.2) is 0 Å². The third-order valence-electron chi connectivity index (χ3n) is 6.11. The van der Waals surface area contributed by atoms with Crippen LogP contribution < -0.4 is 29.2 Å². The molecular weight excluding hydrogens is 424 g/mol. The standard InChI is InChI=1S/C25H32N2O6/c1-30-19-5-7-20(8-6-19)31-13-10-24(28)26-21(17-27-11-2-3-12-27)25(29)18-4-9-22-23(16-18)33-15-14-32-22/h4-9,16,21,25,29H,2-3,10-15,17H2,1H3,(H,26,28)/p+1/t21-,25-/m1/s1. The van der Waals surface area contributed by atoms with Crippen molar-refractivity contribution < 1.29 is 33.7 Å². The quantitative estimate of drug-likeness (QED) is 0.496. The number of likely N-dealkylation sites (tertiary alicyclic amines) is 1. The number of ether oxygens (including phenoxy) is 4. The van der Waals surface area contributed by atoms with Crippen LogP contribution in [0.3, 0.4) is 0 Å². The summed E-state index contributed by atoms with van der Waals surface area (Å²) in [6.07, 6.45) is 1.70. The maximum absolute atomic E-state index is 12.7. The van der Waals surface area contributed by atoms with E-state index in [4.69, 9.17) is 18.9 Å². The van der Waals surface area contributed by atoms with Crippen molar-refractivity contribution in [2.45, 2.75) is 31.4 Å². The highest BCUT2D eigenvalue weighted by Crippen LogP contribution is 2.33. The summed E-state index contributed by atoms with van der Waals surface area (Å²) in [5.41, 5.74) is 0.706. The molecule has 1 fully saturated rings. The molecule has 2 aromatic carbocycles. The molecular formula is C25H33N2O6+. The highest BCUT2D eigenvalue weighted by atomic mass is 16.6. The number of methoxy groups -OCH3 is 1. The Balaban J connectivity index is 1.36. The molecule has 2 aliphatic heterocycles. The van der Waals surface area contributed by atoms with Crippen molar-refractivity contribution in [1.29, 1.82) is 0 Å². The molecule has 178 valence electrons. The SMILES string of the molecule is COc1ccc(OCCC(=O)N[C@H](C[NH+]2CCCC2)[C@H](O)c2ccc3c(c2)OCCO3)cc1. The van der Waals surface area contributed by atoms with E-state index in [0.29, 0.717) is 42.6 Å². The van der Waals surface area contributed by atoms with Gasteiger partial charge in [0.1, 0.15) is 43.4 Å². The molecule has 3 N–H and O–H groups in total. The van der Waals surface area contributed by atoms with Crippen molar-refractivity contribution in [3.63, 3.8) is 0 Å². The lowest BCUT2D eigenvalue weighted by atomic mass is 10.0. The number of amides is 1. The fraction of sp³-hybridized carbons (Fsp3) is 0.480. The van der Waals surface area contributed by atoms with Crippen molar-refractivity contribution in [3.8, 4) is 23.0 Å². The van der Waals surface area contributed by atoms with Crippen molar-refractivity contribution in [1.82, 2.24) is 5.32 Å². The Morgan fingerprint density at radius 2 is 1.76 bits per heavy atom. The van der Waals surface area contributed by atoms with Gasteiger partial charge in [0.05, 0.1) is 33.2 Å². The Morgan fingerprint density at radius 3 is 2.48 bits per heavy atom. The van der Waals surface area contributed by atoms with Gasteiger partial charge in [-0.3, -0.25) is 4.79 Å². The Kier molecular flexibility index (Phi) is 7.91. The molecule has 33 heavy (non-hydrogen) atoms. The molecule has 0 spiro atoms. The van der Waals surface area contributed by atoms with Gasteiger partial charge in [-0.05, 0) is 42.0 Å². The number of carbonyl (C=O) groups excluding carboxylic acids is 1. The first-order valence-corrected chi connectivity index (χ1v) is 11.6. The summed E-state index contributed by atoms with van der Waals surface area (Å²) >= 11 is 0. The van der Waals surface area contributed by atoms with Crippen LogP contribution in [0.15, 0.2) is 42.5 Å². The Labute approximate surface area is 194 Å². The van der Waals surface area contributed by atoms with Gasteiger partial charge in [0.15, 0.2) is 11.5 Å². The van der Waals surface area contributed by atoms with Gasteiger partial charge in [0, 0.05) is 12.8 Å². The zero-order valence-electron chi connectivity index (χ0n) is 19.0. The number of aliphatic hydroxyl groups excluding tert-OH is 1. The van der Waals surface area contributed by atoms with Crippen LogP contribution in [-0.4, -0.2) is 63.6 Å². The second-order valence-electron chi connectivity index (χ2n) is 8.46. The highest BCUT2D eigenvalue weighted by Gasteiger charge is 2.30. The van der Waals surface area contributed by atoms with Gasteiger partial charge < -0.3 is 34.3 Å². The topological polar surface area (TPSA) is 90.7 Å². The van der Waals surface area contributed by atoms with E-state index >= 15 is 0 Å². The molecule has 2 heterocycles. The first-order chi connectivity index (χ1) is 16.1. The van der Waals surface area contributed by atoms with Crippen LogP contribution >= 0.6 is 0 Å². The molecule has 0 bridgehead atoms. The number of carbonyl (C=O) groups is 1. The number of benzene rings is 2. The molecule has 8 heteroatoms. The summed E-state index contributed by atoms with van der Waals surface area (Å²) in [6.45, 7) is 4.03. The Bertz CT molecular complexity index is 914. The largest absolute Gasteiger partial charge is 0.497 e. The maximum atomic E-state index is 12.7. The summed E-state index contributed by atoms with van der Waals surface area (Å²) in [6, 6.07) is 12.3. The average Bonchev–Trinajstić information content (AvgIpc) is 3.36. The van der Waals surface area contributed by atoms with Crippen molar-refractivity contribution >= 4 is 5.91 Å². The van der Waals surface area contributed by atoms with Crippen LogP contribution in [0.2, 0.25) is 0 Å². The van der Waals surface area contributed by atoms with E-state index < -0.39 is 12.1 Å². The van der Waals surface area contributed by atoms with E-state index in [1.54, 1.807) is 7.11 Å². The lowest BCUT2D eigenvalue weighted by Crippen LogP contribution is -3.11. The monoisotopic (exact) mass is 457 g/mol. The number of aliphatic hydroxyl groups is 1. The minimum absolute atomic E-state index is 0.149. The smallest absolute Gasteiger partial charge is 0.223 e. The first-order valence-electron chi connectivity index (χ1n) is 11.6. The van der Waals surface area contributed by atoms with E-state index in [1.165, 1.54) is 17.7 Å². The fourth-order valence-corrected chi connectivity index (χ4v) is 4.32. The zero-order chi connectivity index (χ0) is 23.0. The van der Waals surface area contributed by atoms with Gasteiger partial charge in [-0.2, -0.15) is 0 Å². The van der Waals surface area contributed by atoms with E-state index in [2.05, 4.69) is 5.32 Å². The van der Waals surface area contributed by atoms with Crippen LogP contribution in [0.25, 0.3) is 0 Å². The molecule has 0 aliphatic carbocycles. The summed E-state index contributed by atoms with van der Waals surface area (Å²) in [5, 5.41) is 14.2. The Morgan fingerprint density at radius 1 is 1.06 bits per heavy atom. The van der Waals surface area contributed by atoms with Gasteiger partial charge in [-0.1, -0.05) is 6.07 Å². The molecule has 0 aromatic heterocycles. The lowest BCUT2D eigenvalue weighted by Gasteiger charge is -2.27. The fourth-order valence-electron chi connectivity index (χ4n) is 4.32. The molecule has 0 unspecified atom stereocenters. The second-order valence-corrected chi connectivity index (χ2v) is 8.46. The van der Waals surface area contributed by atoms with Gasteiger partial charge in [0.2, 0.25) is 5.91 Å². The average molecular weight is 458 g/mol. The van der Waals surface area contributed by atoms with Crippen molar-refractivity contribution in [2.75, 3.05) is 46.6 Å². The number of rotatable bonds is 10. The minimum atomic E-state index is -0.847. The van der Waals surface area contributed by atoms with Gasteiger partial charge >= 0.3 is 0 Å².